The predicted molar refractivity (Wildman–Crippen MR) is 91.2 cm³/mol. The van der Waals surface area contributed by atoms with E-state index in [0.29, 0.717) is 11.8 Å². The van der Waals surface area contributed by atoms with Gasteiger partial charge in [-0.25, -0.2) is 4.98 Å². The van der Waals surface area contributed by atoms with Gasteiger partial charge in [-0.15, -0.1) is 0 Å². The SMILES string of the molecule is Cc1ccc2nc(SCC(=O)N(C)C3CCCCC3)[nH]c2c1. The third-order valence-electron chi connectivity index (χ3n) is 4.46. The second kappa shape index (κ2) is 6.73. The number of H-pyrrole nitrogens is 1. The van der Waals surface area contributed by atoms with E-state index in [4.69, 9.17) is 0 Å². The molecule has 1 amide bonds. The van der Waals surface area contributed by atoms with E-state index < -0.39 is 0 Å². The van der Waals surface area contributed by atoms with Crippen LogP contribution in [0.2, 0.25) is 0 Å². The maximum absolute atomic E-state index is 12.3. The fourth-order valence-corrected chi connectivity index (χ4v) is 3.88. The quantitative estimate of drug-likeness (QED) is 0.874. The number of hydrogen-bond acceptors (Lipinski definition) is 3. The monoisotopic (exact) mass is 317 g/mol. The van der Waals surface area contributed by atoms with Crippen LogP contribution in [0.25, 0.3) is 11.0 Å². The summed E-state index contributed by atoms with van der Waals surface area (Å²) in [6.07, 6.45) is 6.11. The Morgan fingerprint density at radius 1 is 1.36 bits per heavy atom. The molecular weight excluding hydrogens is 294 g/mol. The molecular formula is C17H23N3OS. The Bertz CT molecular complexity index is 661. The van der Waals surface area contributed by atoms with Gasteiger partial charge in [0.25, 0.3) is 0 Å². The van der Waals surface area contributed by atoms with Crippen molar-refractivity contribution in [3.63, 3.8) is 0 Å². The fourth-order valence-electron chi connectivity index (χ4n) is 3.07. The largest absolute Gasteiger partial charge is 0.342 e. The van der Waals surface area contributed by atoms with Crippen molar-refractivity contribution in [1.29, 1.82) is 0 Å². The number of thioether (sulfide) groups is 1. The van der Waals surface area contributed by atoms with E-state index >= 15 is 0 Å². The summed E-state index contributed by atoms with van der Waals surface area (Å²) in [4.78, 5) is 22.1. The Balaban J connectivity index is 1.59. The van der Waals surface area contributed by atoms with E-state index in [-0.39, 0.29) is 5.91 Å². The number of aryl methyl sites for hydroxylation is 1. The first kappa shape index (κ1) is 15.4. The fraction of sp³-hybridized carbons (Fsp3) is 0.529. The van der Waals surface area contributed by atoms with Crippen LogP contribution in [0.3, 0.4) is 0 Å². The number of carbonyl (C=O) groups excluding carboxylic acids is 1. The van der Waals surface area contributed by atoms with E-state index in [9.17, 15) is 4.79 Å². The molecule has 0 aliphatic heterocycles. The van der Waals surface area contributed by atoms with Crippen LogP contribution < -0.4 is 0 Å². The molecule has 0 radical (unpaired) electrons. The summed E-state index contributed by atoms with van der Waals surface area (Å²) < 4.78 is 0. The number of aromatic nitrogens is 2. The van der Waals surface area contributed by atoms with Crippen LogP contribution in [-0.4, -0.2) is 39.6 Å². The molecule has 0 spiro atoms. The van der Waals surface area contributed by atoms with Crippen LogP contribution in [0.5, 0.6) is 0 Å². The molecule has 2 aromatic rings. The van der Waals surface area contributed by atoms with Crippen molar-refractivity contribution in [2.45, 2.75) is 50.2 Å². The molecule has 3 rings (SSSR count). The number of amides is 1. The van der Waals surface area contributed by atoms with Crippen LogP contribution in [-0.2, 0) is 4.79 Å². The highest BCUT2D eigenvalue weighted by Gasteiger charge is 2.22. The first-order chi connectivity index (χ1) is 10.6. The number of nitrogens with zero attached hydrogens (tertiary/aromatic N) is 2. The molecule has 0 saturated heterocycles. The lowest BCUT2D eigenvalue weighted by Crippen LogP contribution is -2.39. The summed E-state index contributed by atoms with van der Waals surface area (Å²) >= 11 is 1.49. The van der Waals surface area contributed by atoms with Crippen molar-refractivity contribution in [2.75, 3.05) is 12.8 Å². The zero-order valence-electron chi connectivity index (χ0n) is 13.3. The van der Waals surface area contributed by atoms with Gasteiger partial charge in [-0.05, 0) is 37.5 Å². The van der Waals surface area contributed by atoms with Gasteiger partial charge in [0, 0.05) is 13.1 Å². The second-order valence-electron chi connectivity index (χ2n) is 6.15. The molecule has 4 nitrogen and oxygen atoms in total. The van der Waals surface area contributed by atoms with Crippen molar-refractivity contribution in [3.8, 4) is 0 Å². The standard InChI is InChI=1S/C17H23N3OS/c1-12-8-9-14-15(10-12)19-17(18-14)22-11-16(21)20(2)13-6-4-3-5-7-13/h8-10,13H,3-7,11H2,1-2H3,(H,18,19). The average molecular weight is 317 g/mol. The molecule has 1 aliphatic carbocycles. The molecule has 1 aliphatic rings. The number of aromatic amines is 1. The molecule has 5 heteroatoms. The zero-order chi connectivity index (χ0) is 15.5. The molecule has 1 N–H and O–H groups in total. The molecule has 1 aromatic carbocycles. The lowest BCUT2D eigenvalue weighted by molar-refractivity contribution is -0.129. The average Bonchev–Trinajstić information content (AvgIpc) is 2.94. The maximum atomic E-state index is 12.3. The lowest BCUT2D eigenvalue weighted by atomic mass is 9.94. The predicted octanol–water partition coefficient (Wildman–Crippen LogP) is 3.75. The first-order valence-electron chi connectivity index (χ1n) is 7.98. The van der Waals surface area contributed by atoms with Gasteiger partial charge < -0.3 is 9.88 Å². The molecule has 0 bridgehead atoms. The third kappa shape index (κ3) is 3.46. The summed E-state index contributed by atoms with van der Waals surface area (Å²) in [6.45, 7) is 2.07. The summed E-state index contributed by atoms with van der Waals surface area (Å²) in [6, 6.07) is 6.59. The van der Waals surface area contributed by atoms with Crippen LogP contribution in [0, 0.1) is 6.92 Å². The summed E-state index contributed by atoms with van der Waals surface area (Å²) in [5, 5.41) is 0.825. The van der Waals surface area contributed by atoms with Crippen LogP contribution in [0.1, 0.15) is 37.7 Å². The molecule has 1 aromatic heterocycles. The number of carbonyl (C=O) groups is 1. The van der Waals surface area contributed by atoms with E-state index in [0.717, 1.165) is 29.0 Å². The molecule has 22 heavy (non-hydrogen) atoms. The Kier molecular flexibility index (Phi) is 4.71. The Morgan fingerprint density at radius 3 is 2.91 bits per heavy atom. The highest BCUT2D eigenvalue weighted by atomic mass is 32.2. The minimum absolute atomic E-state index is 0.202. The Labute approximate surface area is 135 Å². The van der Waals surface area contributed by atoms with Gasteiger partial charge >= 0.3 is 0 Å². The summed E-state index contributed by atoms with van der Waals surface area (Å²) in [5.74, 6) is 0.653. The van der Waals surface area contributed by atoms with Gasteiger partial charge in [0.2, 0.25) is 5.91 Å². The number of nitrogens with one attached hydrogen (secondary N) is 1. The third-order valence-corrected chi connectivity index (χ3v) is 5.32. The van der Waals surface area contributed by atoms with Gasteiger partial charge in [-0.2, -0.15) is 0 Å². The van der Waals surface area contributed by atoms with Gasteiger partial charge in [-0.3, -0.25) is 4.79 Å². The molecule has 0 unspecified atom stereocenters. The summed E-state index contributed by atoms with van der Waals surface area (Å²) in [7, 11) is 1.95. The second-order valence-corrected chi connectivity index (χ2v) is 7.11. The molecule has 118 valence electrons. The highest BCUT2D eigenvalue weighted by Crippen LogP contribution is 2.24. The lowest BCUT2D eigenvalue weighted by Gasteiger charge is -2.31. The van der Waals surface area contributed by atoms with Gasteiger partial charge in [-0.1, -0.05) is 37.1 Å². The maximum Gasteiger partial charge on any atom is 0.233 e. The van der Waals surface area contributed by atoms with E-state index in [2.05, 4.69) is 29.0 Å². The normalized spacial score (nSPS) is 16.1. The minimum Gasteiger partial charge on any atom is -0.342 e. The van der Waals surface area contributed by atoms with Crippen molar-refractivity contribution in [3.05, 3.63) is 23.8 Å². The van der Waals surface area contributed by atoms with Crippen molar-refractivity contribution in [2.24, 2.45) is 0 Å². The van der Waals surface area contributed by atoms with Crippen LogP contribution in [0.4, 0.5) is 0 Å². The number of rotatable bonds is 4. The van der Waals surface area contributed by atoms with Gasteiger partial charge in [0.1, 0.15) is 0 Å². The molecule has 1 saturated carbocycles. The van der Waals surface area contributed by atoms with Crippen molar-refractivity contribution in [1.82, 2.24) is 14.9 Å². The Morgan fingerprint density at radius 2 is 2.14 bits per heavy atom. The van der Waals surface area contributed by atoms with Crippen LogP contribution in [0.15, 0.2) is 23.4 Å². The number of fused-ring (bicyclic) bond motifs is 1. The number of hydrogen-bond donors (Lipinski definition) is 1. The molecule has 1 fully saturated rings. The van der Waals surface area contributed by atoms with Gasteiger partial charge in [0.15, 0.2) is 5.16 Å². The van der Waals surface area contributed by atoms with E-state index in [1.807, 2.05) is 18.0 Å². The number of imidazole rings is 1. The highest BCUT2D eigenvalue weighted by molar-refractivity contribution is 7.99. The van der Waals surface area contributed by atoms with E-state index in [1.165, 1.54) is 36.6 Å². The van der Waals surface area contributed by atoms with Crippen molar-refractivity contribution >= 4 is 28.7 Å². The topological polar surface area (TPSA) is 49.0 Å². The van der Waals surface area contributed by atoms with E-state index in [1.54, 1.807) is 0 Å². The molecule has 0 atom stereocenters. The Hall–Kier alpha value is -1.49. The smallest absolute Gasteiger partial charge is 0.233 e. The summed E-state index contributed by atoms with van der Waals surface area (Å²) in [5.41, 5.74) is 3.21. The minimum atomic E-state index is 0.202. The van der Waals surface area contributed by atoms with Gasteiger partial charge in [0.05, 0.1) is 16.8 Å². The molecule has 1 heterocycles. The number of benzene rings is 1. The van der Waals surface area contributed by atoms with Crippen molar-refractivity contribution < 1.29 is 4.79 Å². The zero-order valence-corrected chi connectivity index (χ0v) is 14.1. The van der Waals surface area contributed by atoms with Crippen LogP contribution >= 0.6 is 11.8 Å². The first-order valence-corrected chi connectivity index (χ1v) is 8.97.